The van der Waals surface area contributed by atoms with Gasteiger partial charge in [0, 0.05) is 16.8 Å². The molecule has 3 heteroatoms. The standard InChI is InChI=1S/C17H23FOS/c18-14-6-8-15(9-7-14)20-16-10-11-19-17(12-16)13-4-2-1-3-5-13/h6-9,13,16-17H,1-5,10-12H2/t16-,17+/m1/s1. The van der Waals surface area contributed by atoms with Crippen LogP contribution >= 0.6 is 11.8 Å². The average Bonchev–Trinajstić information content (AvgIpc) is 2.51. The van der Waals surface area contributed by atoms with Gasteiger partial charge in [0.25, 0.3) is 0 Å². The van der Waals surface area contributed by atoms with Crippen molar-refractivity contribution in [2.75, 3.05) is 6.61 Å². The van der Waals surface area contributed by atoms with E-state index in [1.165, 1.54) is 37.0 Å². The molecule has 2 atom stereocenters. The van der Waals surface area contributed by atoms with Gasteiger partial charge in [-0.05, 0) is 55.9 Å². The van der Waals surface area contributed by atoms with Gasteiger partial charge in [0.15, 0.2) is 0 Å². The quantitative estimate of drug-likeness (QED) is 0.772. The molecule has 1 aliphatic heterocycles. The van der Waals surface area contributed by atoms with Gasteiger partial charge in [0.1, 0.15) is 5.82 Å². The molecule has 0 bridgehead atoms. The Morgan fingerprint density at radius 3 is 2.50 bits per heavy atom. The van der Waals surface area contributed by atoms with Crippen molar-refractivity contribution in [2.45, 2.75) is 61.2 Å². The summed E-state index contributed by atoms with van der Waals surface area (Å²) >= 11 is 1.89. The van der Waals surface area contributed by atoms with E-state index in [2.05, 4.69) is 0 Å². The number of hydrogen-bond acceptors (Lipinski definition) is 2. The summed E-state index contributed by atoms with van der Waals surface area (Å²) in [6, 6.07) is 6.90. The van der Waals surface area contributed by atoms with Crippen molar-refractivity contribution in [3.63, 3.8) is 0 Å². The molecule has 0 spiro atoms. The molecular formula is C17H23FOS. The van der Waals surface area contributed by atoms with Crippen LogP contribution in [0.4, 0.5) is 4.39 Å². The topological polar surface area (TPSA) is 9.23 Å². The molecule has 1 saturated heterocycles. The molecule has 0 N–H and O–H groups in total. The van der Waals surface area contributed by atoms with Crippen LogP contribution in [0.3, 0.4) is 0 Å². The second-order valence-corrected chi connectivity index (χ2v) is 7.40. The van der Waals surface area contributed by atoms with E-state index in [4.69, 9.17) is 4.74 Å². The van der Waals surface area contributed by atoms with E-state index in [1.807, 2.05) is 23.9 Å². The molecular weight excluding hydrogens is 271 g/mol. The number of benzene rings is 1. The molecule has 1 heterocycles. The fourth-order valence-corrected chi connectivity index (χ4v) is 4.62. The molecule has 110 valence electrons. The van der Waals surface area contributed by atoms with Gasteiger partial charge in [-0.2, -0.15) is 0 Å². The molecule has 3 rings (SSSR count). The monoisotopic (exact) mass is 294 g/mol. The molecule has 1 aromatic carbocycles. The number of rotatable bonds is 3. The smallest absolute Gasteiger partial charge is 0.123 e. The Balaban J connectivity index is 1.56. The molecule has 0 amide bonds. The minimum Gasteiger partial charge on any atom is -0.378 e. The van der Waals surface area contributed by atoms with E-state index in [-0.39, 0.29) is 5.82 Å². The van der Waals surface area contributed by atoms with Gasteiger partial charge in [0.05, 0.1) is 6.10 Å². The molecule has 20 heavy (non-hydrogen) atoms. The fraction of sp³-hybridized carbons (Fsp3) is 0.647. The van der Waals surface area contributed by atoms with Crippen LogP contribution in [0.1, 0.15) is 44.9 Å². The molecule has 1 nitrogen and oxygen atoms in total. The summed E-state index contributed by atoms with van der Waals surface area (Å²) in [4.78, 5) is 1.18. The summed E-state index contributed by atoms with van der Waals surface area (Å²) in [5, 5.41) is 0.626. The molecule has 0 radical (unpaired) electrons. The van der Waals surface area contributed by atoms with Crippen LogP contribution in [0, 0.1) is 11.7 Å². The van der Waals surface area contributed by atoms with Crippen LogP contribution in [0.25, 0.3) is 0 Å². The van der Waals surface area contributed by atoms with Crippen LogP contribution in [-0.2, 0) is 4.74 Å². The Hall–Kier alpha value is -0.540. The minimum atomic E-state index is -0.151. The maximum atomic E-state index is 12.9. The Morgan fingerprint density at radius 1 is 1.00 bits per heavy atom. The lowest BCUT2D eigenvalue weighted by Gasteiger charge is -2.36. The number of ether oxygens (including phenoxy) is 1. The summed E-state index contributed by atoms with van der Waals surface area (Å²) in [6.45, 7) is 0.889. The third-order valence-electron chi connectivity index (χ3n) is 4.56. The van der Waals surface area contributed by atoms with Crippen LogP contribution < -0.4 is 0 Å². The molecule has 2 fully saturated rings. The van der Waals surface area contributed by atoms with Crippen molar-refractivity contribution in [3.8, 4) is 0 Å². The van der Waals surface area contributed by atoms with E-state index >= 15 is 0 Å². The van der Waals surface area contributed by atoms with Gasteiger partial charge < -0.3 is 4.74 Å². The predicted octanol–water partition coefficient (Wildman–Crippen LogP) is 5.05. The highest BCUT2D eigenvalue weighted by Crippen LogP contribution is 2.37. The Morgan fingerprint density at radius 2 is 1.75 bits per heavy atom. The zero-order valence-electron chi connectivity index (χ0n) is 11.9. The van der Waals surface area contributed by atoms with Gasteiger partial charge in [0.2, 0.25) is 0 Å². The molecule has 1 aromatic rings. The van der Waals surface area contributed by atoms with Crippen LogP contribution in [0.15, 0.2) is 29.2 Å². The summed E-state index contributed by atoms with van der Waals surface area (Å²) < 4.78 is 19.0. The first kappa shape index (κ1) is 14.4. The van der Waals surface area contributed by atoms with Crippen molar-refractivity contribution in [3.05, 3.63) is 30.1 Å². The van der Waals surface area contributed by atoms with Crippen LogP contribution in [0.5, 0.6) is 0 Å². The number of hydrogen-bond donors (Lipinski definition) is 0. The normalized spacial score (nSPS) is 28.4. The van der Waals surface area contributed by atoms with E-state index in [9.17, 15) is 4.39 Å². The second kappa shape index (κ2) is 6.95. The maximum absolute atomic E-state index is 12.9. The molecule has 0 aromatic heterocycles. The summed E-state index contributed by atoms with van der Waals surface area (Å²) in [5.41, 5.74) is 0. The first-order valence-electron chi connectivity index (χ1n) is 7.85. The second-order valence-electron chi connectivity index (χ2n) is 6.03. The third kappa shape index (κ3) is 3.76. The molecule has 1 saturated carbocycles. The van der Waals surface area contributed by atoms with Crippen molar-refractivity contribution in [1.29, 1.82) is 0 Å². The number of thioether (sulfide) groups is 1. The lowest BCUT2D eigenvalue weighted by molar-refractivity contribution is -0.0279. The van der Waals surface area contributed by atoms with Crippen molar-refractivity contribution in [2.24, 2.45) is 5.92 Å². The van der Waals surface area contributed by atoms with E-state index in [0.29, 0.717) is 11.4 Å². The van der Waals surface area contributed by atoms with Crippen molar-refractivity contribution < 1.29 is 9.13 Å². The maximum Gasteiger partial charge on any atom is 0.123 e. The zero-order chi connectivity index (χ0) is 13.8. The molecule has 2 aliphatic rings. The van der Waals surface area contributed by atoms with Gasteiger partial charge in [-0.15, -0.1) is 11.8 Å². The van der Waals surface area contributed by atoms with E-state index in [0.717, 1.165) is 25.4 Å². The average molecular weight is 294 g/mol. The summed E-state index contributed by atoms with van der Waals surface area (Å²) in [6.07, 6.45) is 9.58. The van der Waals surface area contributed by atoms with E-state index in [1.54, 1.807) is 12.1 Å². The first-order valence-corrected chi connectivity index (χ1v) is 8.73. The van der Waals surface area contributed by atoms with Crippen molar-refractivity contribution >= 4 is 11.8 Å². The minimum absolute atomic E-state index is 0.151. The number of halogens is 1. The highest BCUT2D eigenvalue weighted by Gasteiger charge is 2.30. The molecule has 1 aliphatic carbocycles. The Kier molecular flexibility index (Phi) is 5.00. The van der Waals surface area contributed by atoms with Gasteiger partial charge >= 0.3 is 0 Å². The highest BCUT2D eigenvalue weighted by atomic mass is 32.2. The van der Waals surface area contributed by atoms with E-state index < -0.39 is 0 Å². The Labute approximate surface area is 125 Å². The summed E-state index contributed by atoms with van der Waals surface area (Å²) in [5.74, 6) is 0.627. The first-order chi connectivity index (χ1) is 9.81. The molecule has 0 unspecified atom stereocenters. The van der Waals surface area contributed by atoms with Gasteiger partial charge in [-0.25, -0.2) is 4.39 Å². The van der Waals surface area contributed by atoms with Gasteiger partial charge in [-0.3, -0.25) is 0 Å². The van der Waals surface area contributed by atoms with Crippen molar-refractivity contribution in [1.82, 2.24) is 0 Å². The predicted molar refractivity (Wildman–Crippen MR) is 81.6 cm³/mol. The SMILES string of the molecule is Fc1ccc(S[C@@H]2CCO[C@H](C3CCCCC3)C2)cc1. The fourth-order valence-electron chi connectivity index (χ4n) is 3.44. The lowest BCUT2D eigenvalue weighted by Crippen LogP contribution is -2.34. The highest BCUT2D eigenvalue weighted by molar-refractivity contribution is 8.00. The Bertz CT molecular complexity index is 414. The van der Waals surface area contributed by atoms with Gasteiger partial charge in [-0.1, -0.05) is 19.3 Å². The third-order valence-corrected chi connectivity index (χ3v) is 5.86. The lowest BCUT2D eigenvalue weighted by atomic mass is 9.83. The summed E-state index contributed by atoms with van der Waals surface area (Å²) in [7, 11) is 0. The van der Waals surface area contributed by atoms with Crippen LogP contribution in [0.2, 0.25) is 0 Å². The van der Waals surface area contributed by atoms with Crippen LogP contribution in [-0.4, -0.2) is 18.0 Å². The zero-order valence-corrected chi connectivity index (χ0v) is 12.7. The largest absolute Gasteiger partial charge is 0.378 e.